The molecule has 0 bridgehead atoms. The third kappa shape index (κ3) is 4.59. The highest BCUT2D eigenvalue weighted by molar-refractivity contribution is 7.92. The van der Waals surface area contributed by atoms with Crippen molar-refractivity contribution in [3.8, 4) is 5.75 Å². The van der Waals surface area contributed by atoms with Gasteiger partial charge in [-0.15, -0.1) is 0 Å². The molecule has 0 saturated heterocycles. The summed E-state index contributed by atoms with van der Waals surface area (Å²) in [6, 6.07) is 20.3. The summed E-state index contributed by atoms with van der Waals surface area (Å²) in [6.07, 6.45) is 1.63. The molecule has 1 aliphatic rings. The summed E-state index contributed by atoms with van der Waals surface area (Å²) >= 11 is 0. The fraction of sp³-hybridized carbons (Fsp3) is 0.130. The van der Waals surface area contributed by atoms with E-state index in [2.05, 4.69) is 15.2 Å². The van der Waals surface area contributed by atoms with Gasteiger partial charge in [0.15, 0.2) is 0 Å². The topological polar surface area (TPSA) is 96.9 Å². The molecule has 0 heterocycles. The normalized spacial score (nSPS) is 14.2. The van der Waals surface area contributed by atoms with Crippen molar-refractivity contribution in [1.29, 1.82) is 0 Å². The third-order valence-corrected chi connectivity index (χ3v) is 6.38. The standard InChI is InChI=1S/C23H21N3O4S/c1-30-19-12-10-18(11-13-19)26-31(28,29)20-7-4-6-17(15-20)23(27)25-24-22-14-9-16-5-2-3-8-21(16)22/h2-8,10-13,15,26H,9,14H2,1H3,(H,25,27). The van der Waals surface area contributed by atoms with E-state index in [9.17, 15) is 13.2 Å². The number of fused-ring (bicyclic) bond motifs is 1. The van der Waals surface area contributed by atoms with Crippen LogP contribution in [-0.2, 0) is 16.4 Å². The molecule has 4 rings (SSSR count). The molecule has 31 heavy (non-hydrogen) atoms. The molecule has 3 aromatic rings. The van der Waals surface area contributed by atoms with E-state index in [1.165, 1.54) is 30.9 Å². The van der Waals surface area contributed by atoms with Crippen LogP contribution in [0, 0.1) is 0 Å². The minimum Gasteiger partial charge on any atom is -0.497 e. The first-order chi connectivity index (χ1) is 15.0. The second-order valence-corrected chi connectivity index (χ2v) is 8.70. The summed E-state index contributed by atoms with van der Waals surface area (Å²) < 4.78 is 33.0. The average Bonchev–Trinajstić information content (AvgIpc) is 3.21. The Bertz CT molecular complexity index is 1250. The van der Waals surface area contributed by atoms with Crippen LogP contribution in [0.15, 0.2) is 82.8 Å². The van der Waals surface area contributed by atoms with Crippen LogP contribution in [-0.4, -0.2) is 27.1 Å². The minimum absolute atomic E-state index is 0.0187. The Labute approximate surface area is 180 Å². The quantitative estimate of drug-likeness (QED) is 0.579. The number of carbonyl (C=O) groups excluding carboxylic acids is 1. The van der Waals surface area contributed by atoms with Crippen LogP contribution in [0.3, 0.4) is 0 Å². The number of anilines is 1. The zero-order valence-electron chi connectivity index (χ0n) is 16.8. The van der Waals surface area contributed by atoms with Gasteiger partial charge in [-0.25, -0.2) is 13.8 Å². The number of methoxy groups -OCH3 is 1. The van der Waals surface area contributed by atoms with Gasteiger partial charge in [0.1, 0.15) is 5.75 Å². The predicted molar refractivity (Wildman–Crippen MR) is 119 cm³/mol. The number of rotatable bonds is 6. The van der Waals surface area contributed by atoms with Crippen molar-refractivity contribution < 1.29 is 17.9 Å². The van der Waals surface area contributed by atoms with E-state index in [4.69, 9.17) is 4.74 Å². The first kappa shape index (κ1) is 20.6. The fourth-order valence-corrected chi connectivity index (χ4v) is 4.49. The highest BCUT2D eigenvalue weighted by atomic mass is 32.2. The van der Waals surface area contributed by atoms with Crippen LogP contribution in [0.5, 0.6) is 5.75 Å². The summed E-state index contributed by atoms with van der Waals surface area (Å²) in [5, 5.41) is 4.26. The number of sulfonamides is 1. The lowest BCUT2D eigenvalue weighted by atomic mass is 10.1. The van der Waals surface area contributed by atoms with Gasteiger partial charge in [0, 0.05) is 16.8 Å². The molecule has 0 radical (unpaired) electrons. The number of nitrogens with one attached hydrogen (secondary N) is 2. The van der Waals surface area contributed by atoms with Crippen molar-refractivity contribution in [2.24, 2.45) is 5.10 Å². The maximum atomic E-state index is 12.7. The molecule has 0 saturated carbocycles. The molecule has 158 valence electrons. The van der Waals surface area contributed by atoms with E-state index < -0.39 is 15.9 Å². The Morgan fingerprint density at radius 3 is 2.52 bits per heavy atom. The maximum Gasteiger partial charge on any atom is 0.271 e. The van der Waals surface area contributed by atoms with Crippen molar-refractivity contribution in [1.82, 2.24) is 5.43 Å². The number of aryl methyl sites for hydroxylation is 1. The Morgan fingerprint density at radius 2 is 1.74 bits per heavy atom. The number of hydrazone groups is 1. The molecule has 7 nitrogen and oxygen atoms in total. The first-order valence-corrected chi connectivity index (χ1v) is 11.2. The van der Waals surface area contributed by atoms with Gasteiger partial charge in [0.05, 0.1) is 17.7 Å². The second kappa shape index (κ2) is 8.61. The number of carbonyl (C=O) groups is 1. The number of benzene rings is 3. The van der Waals surface area contributed by atoms with Crippen LogP contribution in [0.4, 0.5) is 5.69 Å². The molecule has 0 aliphatic heterocycles. The number of hydrogen-bond acceptors (Lipinski definition) is 5. The van der Waals surface area contributed by atoms with Crippen LogP contribution in [0.25, 0.3) is 0 Å². The van der Waals surface area contributed by atoms with Gasteiger partial charge in [-0.05, 0) is 60.9 Å². The van der Waals surface area contributed by atoms with Crippen LogP contribution < -0.4 is 14.9 Å². The highest BCUT2D eigenvalue weighted by Gasteiger charge is 2.19. The lowest BCUT2D eigenvalue weighted by Gasteiger charge is -2.10. The van der Waals surface area contributed by atoms with E-state index >= 15 is 0 Å². The van der Waals surface area contributed by atoms with Crippen molar-refractivity contribution in [2.45, 2.75) is 17.7 Å². The van der Waals surface area contributed by atoms with E-state index in [-0.39, 0.29) is 10.5 Å². The van der Waals surface area contributed by atoms with Crippen molar-refractivity contribution in [3.63, 3.8) is 0 Å². The number of nitrogens with zero attached hydrogens (tertiary/aromatic N) is 1. The molecule has 3 aromatic carbocycles. The van der Waals surface area contributed by atoms with Gasteiger partial charge in [0.2, 0.25) is 0 Å². The zero-order valence-corrected chi connectivity index (χ0v) is 17.6. The summed E-state index contributed by atoms with van der Waals surface area (Å²) in [7, 11) is -2.33. The summed E-state index contributed by atoms with van der Waals surface area (Å²) in [4.78, 5) is 12.6. The van der Waals surface area contributed by atoms with Crippen molar-refractivity contribution in [2.75, 3.05) is 11.8 Å². The van der Waals surface area contributed by atoms with Crippen LogP contribution >= 0.6 is 0 Å². The highest BCUT2D eigenvalue weighted by Crippen LogP contribution is 2.22. The predicted octanol–water partition coefficient (Wildman–Crippen LogP) is 3.58. The van der Waals surface area contributed by atoms with Gasteiger partial charge in [-0.2, -0.15) is 5.10 Å². The maximum absolute atomic E-state index is 12.7. The molecule has 0 aromatic heterocycles. The summed E-state index contributed by atoms with van der Waals surface area (Å²) in [6.45, 7) is 0. The molecule has 8 heteroatoms. The molecule has 2 N–H and O–H groups in total. The van der Waals surface area contributed by atoms with E-state index in [0.29, 0.717) is 11.4 Å². The van der Waals surface area contributed by atoms with Crippen LogP contribution in [0.1, 0.15) is 27.9 Å². The molecule has 1 amide bonds. The molecular weight excluding hydrogens is 414 g/mol. The largest absolute Gasteiger partial charge is 0.497 e. The van der Waals surface area contributed by atoms with Crippen molar-refractivity contribution in [3.05, 3.63) is 89.5 Å². The minimum atomic E-state index is -3.87. The number of hydrogen-bond donors (Lipinski definition) is 2. The lowest BCUT2D eigenvalue weighted by Crippen LogP contribution is -2.20. The van der Waals surface area contributed by atoms with Gasteiger partial charge in [-0.3, -0.25) is 9.52 Å². The monoisotopic (exact) mass is 435 g/mol. The van der Waals surface area contributed by atoms with E-state index in [1.807, 2.05) is 24.3 Å². The third-order valence-electron chi connectivity index (χ3n) is 5.00. The Hall–Kier alpha value is -3.65. The Morgan fingerprint density at radius 1 is 0.968 bits per heavy atom. The average molecular weight is 436 g/mol. The van der Waals surface area contributed by atoms with E-state index in [1.54, 1.807) is 30.3 Å². The second-order valence-electron chi connectivity index (χ2n) is 7.02. The molecule has 1 aliphatic carbocycles. The SMILES string of the molecule is COc1ccc(NS(=O)(=O)c2cccc(C(=O)NN=C3CCc4ccccc43)c2)cc1. The Kier molecular flexibility index (Phi) is 5.73. The molecule has 0 fully saturated rings. The molecule has 0 atom stereocenters. The molecule has 0 unspecified atom stereocenters. The van der Waals surface area contributed by atoms with Crippen LogP contribution in [0.2, 0.25) is 0 Å². The summed E-state index contributed by atoms with van der Waals surface area (Å²) in [5.41, 5.74) is 6.18. The fourth-order valence-electron chi connectivity index (χ4n) is 3.38. The smallest absolute Gasteiger partial charge is 0.271 e. The van der Waals surface area contributed by atoms with Gasteiger partial charge < -0.3 is 4.74 Å². The Balaban J connectivity index is 1.49. The van der Waals surface area contributed by atoms with Gasteiger partial charge in [0.25, 0.3) is 15.9 Å². The van der Waals surface area contributed by atoms with Gasteiger partial charge in [-0.1, -0.05) is 30.3 Å². The zero-order chi connectivity index (χ0) is 21.8. The van der Waals surface area contributed by atoms with Gasteiger partial charge >= 0.3 is 0 Å². The van der Waals surface area contributed by atoms with Crippen molar-refractivity contribution >= 4 is 27.3 Å². The van der Waals surface area contributed by atoms with E-state index in [0.717, 1.165) is 24.1 Å². The number of amides is 1. The first-order valence-electron chi connectivity index (χ1n) is 9.68. The number of ether oxygens (including phenoxy) is 1. The lowest BCUT2D eigenvalue weighted by molar-refractivity contribution is 0.0954. The molecular formula is C23H21N3O4S. The summed E-state index contributed by atoms with van der Waals surface area (Å²) in [5.74, 6) is 0.145. The molecule has 0 spiro atoms.